The highest BCUT2D eigenvalue weighted by molar-refractivity contribution is 6.34. The highest BCUT2D eigenvalue weighted by atomic mass is 35.5. The number of carbonyl (C=O) groups excluding carboxylic acids is 1. The van der Waals surface area contributed by atoms with Gasteiger partial charge in [0.15, 0.2) is 6.10 Å². The molecule has 0 heterocycles. The fourth-order valence-corrected chi connectivity index (χ4v) is 3.11. The standard InChI is InChI=1S/C24H24Cl2O4/c1-3-28-23(24(27)29-4-2)16-18-9-11-22(12-10-18)30-13-7-5-6-8-19-14-20(25)17-21(26)15-19/h5,7,9-12,14-15,17,23H,3-4,13,16H2,1-2H3/b7-5+/t23-/m0/s1. The molecule has 2 aromatic rings. The number of esters is 1. The third-order valence-corrected chi connectivity index (χ3v) is 4.32. The van der Waals surface area contributed by atoms with Crippen molar-refractivity contribution in [1.82, 2.24) is 0 Å². The quantitative estimate of drug-likeness (QED) is 0.377. The molecule has 0 amide bonds. The zero-order valence-corrected chi connectivity index (χ0v) is 18.5. The Hall–Kier alpha value is -2.45. The molecule has 2 aromatic carbocycles. The molecule has 2 rings (SSSR count). The van der Waals surface area contributed by atoms with Crippen LogP contribution in [0.1, 0.15) is 25.0 Å². The number of carbonyl (C=O) groups is 1. The molecule has 158 valence electrons. The molecule has 0 aliphatic heterocycles. The lowest BCUT2D eigenvalue weighted by Crippen LogP contribution is -2.28. The van der Waals surface area contributed by atoms with E-state index in [9.17, 15) is 4.79 Å². The number of hydrogen-bond donors (Lipinski definition) is 0. The van der Waals surface area contributed by atoms with E-state index in [-0.39, 0.29) is 5.97 Å². The summed E-state index contributed by atoms with van der Waals surface area (Å²) in [7, 11) is 0. The Bertz CT molecular complexity index is 891. The van der Waals surface area contributed by atoms with E-state index >= 15 is 0 Å². The minimum Gasteiger partial charge on any atom is -0.490 e. The summed E-state index contributed by atoms with van der Waals surface area (Å²) in [4.78, 5) is 12.0. The second-order valence-electron chi connectivity index (χ2n) is 6.18. The predicted molar refractivity (Wildman–Crippen MR) is 120 cm³/mol. The molecule has 0 bridgehead atoms. The molecule has 6 heteroatoms. The zero-order chi connectivity index (χ0) is 21.8. The topological polar surface area (TPSA) is 44.8 Å². The maximum Gasteiger partial charge on any atom is 0.335 e. The lowest BCUT2D eigenvalue weighted by molar-refractivity contribution is -0.156. The second-order valence-corrected chi connectivity index (χ2v) is 7.06. The molecule has 0 aliphatic carbocycles. The molecule has 0 spiro atoms. The van der Waals surface area contributed by atoms with Gasteiger partial charge < -0.3 is 14.2 Å². The first kappa shape index (κ1) is 23.8. The first-order chi connectivity index (χ1) is 14.5. The van der Waals surface area contributed by atoms with E-state index in [1.165, 1.54) is 0 Å². The van der Waals surface area contributed by atoms with E-state index in [1.807, 2.05) is 37.3 Å². The van der Waals surface area contributed by atoms with Crippen LogP contribution >= 0.6 is 23.2 Å². The van der Waals surface area contributed by atoms with Crippen LogP contribution in [0.25, 0.3) is 0 Å². The molecule has 0 N–H and O–H groups in total. The van der Waals surface area contributed by atoms with Crippen LogP contribution in [0.3, 0.4) is 0 Å². The van der Waals surface area contributed by atoms with Gasteiger partial charge in [-0.3, -0.25) is 0 Å². The van der Waals surface area contributed by atoms with Crippen molar-refractivity contribution >= 4 is 29.2 Å². The minimum atomic E-state index is -0.599. The van der Waals surface area contributed by atoms with Crippen molar-refractivity contribution in [1.29, 1.82) is 0 Å². The average Bonchev–Trinajstić information content (AvgIpc) is 2.71. The summed E-state index contributed by atoms with van der Waals surface area (Å²) in [6, 6.07) is 12.7. The number of allylic oxidation sites excluding steroid dienone is 1. The van der Waals surface area contributed by atoms with Gasteiger partial charge in [-0.1, -0.05) is 47.2 Å². The van der Waals surface area contributed by atoms with Crippen molar-refractivity contribution in [3.8, 4) is 17.6 Å². The molecular weight excluding hydrogens is 423 g/mol. The van der Waals surface area contributed by atoms with Crippen molar-refractivity contribution in [2.75, 3.05) is 19.8 Å². The Balaban J connectivity index is 1.83. The molecule has 0 radical (unpaired) electrons. The third kappa shape index (κ3) is 8.51. The normalized spacial score (nSPS) is 11.6. The van der Waals surface area contributed by atoms with Gasteiger partial charge in [0, 0.05) is 28.6 Å². The number of halogens is 2. The van der Waals surface area contributed by atoms with Crippen LogP contribution in [0.2, 0.25) is 10.0 Å². The second kappa shape index (κ2) is 13.0. The van der Waals surface area contributed by atoms with Crippen LogP contribution in [0.5, 0.6) is 5.75 Å². The Morgan fingerprint density at radius 2 is 1.77 bits per heavy atom. The fourth-order valence-electron chi connectivity index (χ4n) is 2.58. The van der Waals surface area contributed by atoms with Gasteiger partial charge in [0.2, 0.25) is 0 Å². The van der Waals surface area contributed by atoms with E-state index < -0.39 is 6.10 Å². The van der Waals surface area contributed by atoms with Gasteiger partial charge in [-0.15, -0.1) is 0 Å². The lowest BCUT2D eigenvalue weighted by atomic mass is 10.1. The van der Waals surface area contributed by atoms with Crippen molar-refractivity contribution in [2.45, 2.75) is 26.4 Å². The summed E-state index contributed by atoms with van der Waals surface area (Å²) < 4.78 is 16.2. The SMILES string of the molecule is CCOC(=O)[C@H](Cc1ccc(OC/C=C/C#Cc2cc(Cl)cc(Cl)c2)cc1)OCC. The highest BCUT2D eigenvalue weighted by Gasteiger charge is 2.20. The van der Waals surface area contributed by atoms with Crippen LogP contribution in [0, 0.1) is 11.8 Å². The maximum atomic E-state index is 12.0. The average molecular weight is 447 g/mol. The molecule has 0 unspecified atom stereocenters. The maximum absolute atomic E-state index is 12.0. The van der Waals surface area contributed by atoms with Crippen molar-refractivity contribution in [3.05, 3.63) is 75.8 Å². The van der Waals surface area contributed by atoms with Crippen molar-refractivity contribution in [2.24, 2.45) is 0 Å². The smallest absolute Gasteiger partial charge is 0.335 e. The molecule has 4 nitrogen and oxygen atoms in total. The molecule has 1 atom stereocenters. The Morgan fingerprint density at radius 1 is 1.07 bits per heavy atom. The molecule has 0 aliphatic rings. The molecular formula is C24H24Cl2O4. The summed E-state index contributed by atoms with van der Waals surface area (Å²) in [5.41, 5.74) is 1.72. The Kier molecular flexibility index (Phi) is 10.3. The van der Waals surface area contributed by atoms with Crippen LogP contribution in [-0.4, -0.2) is 31.9 Å². The van der Waals surface area contributed by atoms with Crippen molar-refractivity contribution in [3.63, 3.8) is 0 Å². The van der Waals surface area contributed by atoms with Crippen LogP contribution in [0.15, 0.2) is 54.6 Å². The molecule has 0 saturated carbocycles. The zero-order valence-electron chi connectivity index (χ0n) is 17.0. The molecule has 0 saturated heterocycles. The van der Waals surface area contributed by atoms with E-state index in [0.29, 0.717) is 36.3 Å². The van der Waals surface area contributed by atoms with Gasteiger partial charge in [0.05, 0.1) is 6.61 Å². The van der Waals surface area contributed by atoms with Crippen molar-refractivity contribution < 1.29 is 19.0 Å². The van der Waals surface area contributed by atoms with Gasteiger partial charge in [0.25, 0.3) is 0 Å². The van der Waals surface area contributed by atoms with E-state index in [4.69, 9.17) is 37.4 Å². The van der Waals surface area contributed by atoms with Gasteiger partial charge in [-0.25, -0.2) is 4.79 Å². The Morgan fingerprint density at radius 3 is 2.40 bits per heavy atom. The van der Waals surface area contributed by atoms with Gasteiger partial charge >= 0.3 is 5.97 Å². The van der Waals surface area contributed by atoms with E-state index in [2.05, 4.69) is 11.8 Å². The number of ether oxygens (including phenoxy) is 3. The molecule has 30 heavy (non-hydrogen) atoms. The van der Waals surface area contributed by atoms with Gasteiger partial charge in [-0.05, 0) is 61.9 Å². The summed E-state index contributed by atoms with van der Waals surface area (Å²) in [6.45, 7) is 4.80. The van der Waals surface area contributed by atoms with Crippen LogP contribution in [0.4, 0.5) is 0 Å². The van der Waals surface area contributed by atoms with E-state index in [1.54, 1.807) is 31.2 Å². The third-order valence-electron chi connectivity index (χ3n) is 3.89. The summed E-state index contributed by atoms with van der Waals surface area (Å²) in [5, 5.41) is 1.11. The fraction of sp³-hybridized carbons (Fsp3) is 0.292. The van der Waals surface area contributed by atoms with Crippen LogP contribution in [-0.2, 0) is 20.7 Å². The van der Waals surface area contributed by atoms with Gasteiger partial charge in [-0.2, -0.15) is 0 Å². The summed E-state index contributed by atoms with van der Waals surface area (Å²) in [5.74, 6) is 6.27. The number of benzene rings is 2. The van der Waals surface area contributed by atoms with Crippen LogP contribution < -0.4 is 4.74 Å². The summed E-state index contributed by atoms with van der Waals surface area (Å²) in [6.07, 6.45) is 3.39. The summed E-state index contributed by atoms with van der Waals surface area (Å²) >= 11 is 11.9. The first-order valence-corrected chi connectivity index (χ1v) is 10.4. The lowest BCUT2D eigenvalue weighted by Gasteiger charge is -2.15. The van der Waals surface area contributed by atoms with Gasteiger partial charge in [0.1, 0.15) is 12.4 Å². The number of rotatable bonds is 9. The monoisotopic (exact) mass is 446 g/mol. The highest BCUT2D eigenvalue weighted by Crippen LogP contribution is 2.18. The Labute approximate surface area is 187 Å². The largest absolute Gasteiger partial charge is 0.490 e. The minimum absolute atomic E-state index is 0.333. The van der Waals surface area contributed by atoms with E-state index in [0.717, 1.165) is 16.9 Å². The number of hydrogen-bond acceptors (Lipinski definition) is 4. The molecule has 0 fully saturated rings. The molecule has 0 aromatic heterocycles. The first-order valence-electron chi connectivity index (χ1n) is 9.64. The predicted octanol–water partition coefficient (Wildman–Crippen LogP) is 5.49.